The smallest absolute Gasteiger partial charge is 0.242 e. The number of halogens is 1. The number of aliphatic imine (C=N–C) groups is 1. The number of carbonyl (C=O) groups excluding carboxylic acids is 2. The van der Waals surface area contributed by atoms with Crippen molar-refractivity contribution in [3.8, 4) is 0 Å². The number of hydrogen-bond donors (Lipinski definition) is 2. The molecule has 25 heavy (non-hydrogen) atoms. The van der Waals surface area contributed by atoms with Crippen molar-refractivity contribution in [3.05, 3.63) is 0 Å². The van der Waals surface area contributed by atoms with Crippen LogP contribution in [0.1, 0.15) is 48.5 Å². The van der Waals surface area contributed by atoms with E-state index in [1.54, 1.807) is 0 Å². The topological polar surface area (TPSA) is 77.0 Å². The third-order valence-corrected chi connectivity index (χ3v) is 3.80. The summed E-state index contributed by atoms with van der Waals surface area (Å²) in [5.74, 6) is 0.575. The second-order valence-electron chi connectivity index (χ2n) is 7.42. The Kier molecular flexibility index (Phi) is 9.75. The van der Waals surface area contributed by atoms with E-state index in [9.17, 15) is 9.59 Å². The van der Waals surface area contributed by atoms with E-state index in [1.807, 2.05) is 44.4 Å². The van der Waals surface area contributed by atoms with Crippen molar-refractivity contribution >= 4 is 41.8 Å². The van der Waals surface area contributed by atoms with Crippen LogP contribution in [-0.4, -0.2) is 71.4 Å². The van der Waals surface area contributed by atoms with Gasteiger partial charge in [0.05, 0.1) is 12.1 Å². The highest BCUT2D eigenvalue weighted by atomic mass is 127. The van der Waals surface area contributed by atoms with Gasteiger partial charge in [-0.25, -0.2) is 4.99 Å². The normalized spacial score (nSPS) is 17.6. The molecule has 1 fully saturated rings. The summed E-state index contributed by atoms with van der Waals surface area (Å²) in [6, 6.07) is 0.247. The minimum Gasteiger partial charge on any atom is -0.356 e. The average Bonchev–Trinajstić information content (AvgIpc) is 2.40. The molecule has 2 amide bonds. The lowest BCUT2D eigenvalue weighted by Gasteiger charge is -2.49. The van der Waals surface area contributed by atoms with Gasteiger partial charge in [0, 0.05) is 25.2 Å². The molecule has 1 aliphatic heterocycles. The Bertz CT molecular complexity index is 491. The molecule has 2 N–H and O–H groups in total. The second-order valence-corrected chi connectivity index (χ2v) is 7.42. The summed E-state index contributed by atoms with van der Waals surface area (Å²) in [5.41, 5.74) is -0.292. The van der Waals surface area contributed by atoms with Crippen LogP contribution in [0.3, 0.4) is 0 Å². The fraction of sp³-hybridized carbons (Fsp3) is 0.824. The summed E-state index contributed by atoms with van der Waals surface area (Å²) in [4.78, 5) is 32.7. The van der Waals surface area contributed by atoms with E-state index in [4.69, 9.17) is 0 Å². The highest BCUT2D eigenvalue weighted by Gasteiger charge is 2.40. The minimum absolute atomic E-state index is 0. The van der Waals surface area contributed by atoms with Crippen LogP contribution in [0.15, 0.2) is 4.99 Å². The van der Waals surface area contributed by atoms with Gasteiger partial charge in [-0.05, 0) is 48.5 Å². The molecule has 1 aliphatic rings. The molecule has 0 aromatic rings. The zero-order valence-electron chi connectivity index (χ0n) is 16.5. The first-order valence-electron chi connectivity index (χ1n) is 8.73. The van der Waals surface area contributed by atoms with Crippen molar-refractivity contribution in [3.63, 3.8) is 0 Å². The molecule has 0 atom stereocenters. The van der Waals surface area contributed by atoms with E-state index >= 15 is 0 Å². The van der Waals surface area contributed by atoms with E-state index < -0.39 is 0 Å². The van der Waals surface area contributed by atoms with Crippen molar-refractivity contribution in [1.29, 1.82) is 0 Å². The Balaban J connectivity index is 0.00000576. The van der Waals surface area contributed by atoms with Crippen LogP contribution in [0.2, 0.25) is 0 Å². The maximum absolute atomic E-state index is 12.6. The fourth-order valence-electron chi connectivity index (χ4n) is 3.25. The summed E-state index contributed by atoms with van der Waals surface area (Å²) < 4.78 is 0. The molecule has 0 spiro atoms. The first-order valence-corrected chi connectivity index (χ1v) is 8.73. The molecule has 0 aromatic carbocycles. The number of nitrogens with zero attached hydrogens (tertiary/aromatic N) is 3. The fourth-order valence-corrected chi connectivity index (χ4v) is 3.25. The third-order valence-electron chi connectivity index (χ3n) is 3.80. The van der Waals surface area contributed by atoms with E-state index in [-0.39, 0.29) is 66.5 Å². The highest BCUT2D eigenvalue weighted by molar-refractivity contribution is 14.0. The lowest BCUT2D eigenvalue weighted by atomic mass is 9.96. The van der Waals surface area contributed by atoms with Gasteiger partial charge >= 0.3 is 0 Å². The predicted molar refractivity (Wildman–Crippen MR) is 112 cm³/mol. The number of hydrogen-bond acceptors (Lipinski definition) is 3. The number of rotatable bonds is 5. The number of amides is 2. The standard InChI is InChI=1S/C17H33N5O2.HI/c1-8-18-16(19-9-14(23)20-12(2)3)21-10-15(24)22(13(4)5)17(6,7)11-21;/h12-13H,8-11H2,1-7H3,(H,18,19)(H,20,23);1H. The monoisotopic (exact) mass is 467 g/mol. The largest absolute Gasteiger partial charge is 0.356 e. The van der Waals surface area contributed by atoms with Crippen LogP contribution in [0.25, 0.3) is 0 Å². The molecule has 146 valence electrons. The molecular formula is C17H34IN5O2. The summed E-state index contributed by atoms with van der Waals surface area (Å²) in [6.07, 6.45) is 0. The van der Waals surface area contributed by atoms with Gasteiger partial charge in [0.1, 0.15) is 6.54 Å². The van der Waals surface area contributed by atoms with Crippen molar-refractivity contribution in [1.82, 2.24) is 20.4 Å². The minimum atomic E-state index is -0.292. The van der Waals surface area contributed by atoms with Crippen molar-refractivity contribution in [2.45, 2.75) is 66.1 Å². The Labute approximate surface area is 169 Å². The Morgan fingerprint density at radius 2 is 1.88 bits per heavy atom. The van der Waals surface area contributed by atoms with Gasteiger partial charge in [-0.2, -0.15) is 0 Å². The lowest BCUT2D eigenvalue weighted by Crippen LogP contribution is -2.66. The number of guanidine groups is 1. The average molecular weight is 467 g/mol. The quantitative estimate of drug-likeness (QED) is 0.365. The molecule has 7 nitrogen and oxygen atoms in total. The Hall–Kier alpha value is -1.06. The molecule has 1 rings (SSSR count). The van der Waals surface area contributed by atoms with E-state index in [2.05, 4.69) is 29.5 Å². The molecule has 1 saturated heterocycles. The van der Waals surface area contributed by atoms with Crippen LogP contribution in [0.5, 0.6) is 0 Å². The lowest BCUT2D eigenvalue weighted by molar-refractivity contribution is -0.145. The number of piperazine rings is 1. The maximum atomic E-state index is 12.6. The predicted octanol–water partition coefficient (Wildman–Crippen LogP) is 1.43. The first-order chi connectivity index (χ1) is 11.1. The Morgan fingerprint density at radius 3 is 2.32 bits per heavy atom. The van der Waals surface area contributed by atoms with Gasteiger partial charge in [0.2, 0.25) is 11.8 Å². The van der Waals surface area contributed by atoms with Crippen LogP contribution in [-0.2, 0) is 9.59 Å². The highest BCUT2D eigenvalue weighted by Crippen LogP contribution is 2.24. The van der Waals surface area contributed by atoms with E-state index in [0.29, 0.717) is 19.0 Å². The van der Waals surface area contributed by atoms with Gasteiger partial charge in [-0.15, -0.1) is 24.0 Å². The van der Waals surface area contributed by atoms with Crippen molar-refractivity contribution in [2.24, 2.45) is 4.99 Å². The number of nitrogens with one attached hydrogen (secondary N) is 2. The second kappa shape index (κ2) is 10.2. The summed E-state index contributed by atoms with van der Waals surface area (Å²) in [7, 11) is 0. The molecule has 0 aromatic heterocycles. The van der Waals surface area contributed by atoms with Crippen LogP contribution in [0, 0.1) is 0 Å². The van der Waals surface area contributed by atoms with Gasteiger partial charge in [-0.1, -0.05) is 0 Å². The van der Waals surface area contributed by atoms with Gasteiger partial charge in [-0.3, -0.25) is 9.59 Å². The molecule has 0 unspecified atom stereocenters. The number of carbonyl (C=O) groups is 2. The molecule has 0 bridgehead atoms. The van der Waals surface area contributed by atoms with Crippen molar-refractivity contribution < 1.29 is 9.59 Å². The zero-order valence-corrected chi connectivity index (χ0v) is 18.9. The van der Waals surface area contributed by atoms with Crippen LogP contribution < -0.4 is 10.6 Å². The zero-order chi connectivity index (χ0) is 18.5. The molecule has 1 heterocycles. The van der Waals surface area contributed by atoms with Gasteiger partial charge < -0.3 is 20.4 Å². The molecule has 0 aliphatic carbocycles. The van der Waals surface area contributed by atoms with Gasteiger partial charge in [0.15, 0.2) is 5.96 Å². The molecule has 8 heteroatoms. The maximum Gasteiger partial charge on any atom is 0.242 e. The Morgan fingerprint density at radius 1 is 1.28 bits per heavy atom. The molecule has 0 saturated carbocycles. The summed E-state index contributed by atoms with van der Waals surface area (Å²) >= 11 is 0. The van der Waals surface area contributed by atoms with Gasteiger partial charge in [0.25, 0.3) is 0 Å². The van der Waals surface area contributed by atoms with E-state index in [1.165, 1.54) is 0 Å². The molecule has 0 radical (unpaired) electrons. The summed E-state index contributed by atoms with van der Waals surface area (Å²) in [6.45, 7) is 15.7. The van der Waals surface area contributed by atoms with Crippen LogP contribution >= 0.6 is 24.0 Å². The van der Waals surface area contributed by atoms with E-state index in [0.717, 1.165) is 0 Å². The molecular weight excluding hydrogens is 433 g/mol. The third kappa shape index (κ3) is 6.99. The SMILES string of the molecule is CCNC(=NCC(=O)NC(C)C)N1CC(=O)N(C(C)C)C(C)(C)C1.I. The summed E-state index contributed by atoms with van der Waals surface area (Å²) in [5, 5.41) is 6.01. The van der Waals surface area contributed by atoms with Crippen molar-refractivity contribution in [2.75, 3.05) is 26.2 Å². The first kappa shape index (κ1) is 23.9. The van der Waals surface area contributed by atoms with Crippen LogP contribution in [0.4, 0.5) is 0 Å².